The highest BCUT2D eigenvalue weighted by Gasteiger charge is 2.53. The molecule has 0 saturated carbocycles. The van der Waals surface area contributed by atoms with Crippen LogP contribution >= 0.6 is 27.3 Å². The third-order valence-electron chi connectivity index (χ3n) is 6.04. The number of hydrogen-bond acceptors (Lipinski definition) is 5. The molecule has 1 aliphatic rings. The fourth-order valence-electron chi connectivity index (χ4n) is 3.99. The number of aryl methyl sites for hydroxylation is 1. The summed E-state index contributed by atoms with van der Waals surface area (Å²) < 4.78 is 42.6. The molecule has 0 bridgehead atoms. The average molecular weight is 562 g/mol. The molecule has 176 valence electrons. The van der Waals surface area contributed by atoms with Crippen molar-refractivity contribution in [1.82, 2.24) is 9.88 Å². The van der Waals surface area contributed by atoms with Gasteiger partial charge in [-0.25, -0.2) is 22.6 Å². The molecular formula is C24H21BrFN3O3S2. The predicted octanol–water partition coefficient (Wildman–Crippen LogP) is 5.61. The zero-order chi connectivity index (χ0) is 24.7. The van der Waals surface area contributed by atoms with E-state index in [-0.39, 0.29) is 28.7 Å². The van der Waals surface area contributed by atoms with Gasteiger partial charge < -0.3 is 4.90 Å². The van der Waals surface area contributed by atoms with Crippen LogP contribution < -0.4 is 0 Å². The normalized spacial score (nSPS) is 20.5. The Morgan fingerprint density at radius 3 is 2.76 bits per heavy atom. The summed E-state index contributed by atoms with van der Waals surface area (Å²) in [4.78, 5) is 22.5. The van der Waals surface area contributed by atoms with Gasteiger partial charge in [0.15, 0.2) is 9.84 Å². The first-order valence-corrected chi connectivity index (χ1v) is 13.7. The molecule has 1 saturated heterocycles. The van der Waals surface area contributed by atoms with Crippen molar-refractivity contribution in [3.05, 3.63) is 91.1 Å². The SMILES string of the molecule is [C-]#[N+]c1cc(C(=O)N2CCS(=O)(=O)[C@@](F)(c3ncc([C@H](C)c4ccccc4C)s3)C2)ccc1Br. The molecule has 2 atom stereocenters. The lowest BCUT2D eigenvalue weighted by molar-refractivity contribution is 0.0666. The maximum atomic E-state index is 16.3. The first-order valence-electron chi connectivity index (χ1n) is 10.5. The number of sulfone groups is 1. The van der Waals surface area contributed by atoms with Crippen molar-refractivity contribution in [2.45, 2.75) is 24.8 Å². The van der Waals surface area contributed by atoms with Gasteiger partial charge in [0.1, 0.15) is 5.01 Å². The van der Waals surface area contributed by atoms with Crippen LogP contribution in [0.4, 0.5) is 10.1 Å². The van der Waals surface area contributed by atoms with Gasteiger partial charge in [0, 0.05) is 33.6 Å². The number of nitrogens with zero attached hydrogens (tertiary/aromatic N) is 3. The van der Waals surface area contributed by atoms with Crippen LogP contribution in [-0.2, 0) is 14.8 Å². The van der Waals surface area contributed by atoms with Gasteiger partial charge in [-0.3, -0.25) is 4.79 Å². The Balaban J connectivity index is 1.65. The zero-order valence-corrected chi connectivity index (χ0v) is 21.7. The number of aromatic nitrogens is 1. The molecule has 0 radical (unpaired) electrons. The van der Waals surface area contributed by atoms with Gasteiger partial charge in [-0.1, -0.05) is 59.3 Å². The number of thiazole rings is 1. The average Bonchev–Trinajstić information content (AvgIpc) is 3.32. The highest BCUT2D eigenvalue weighted by molar-refractivity contribution is 9.10. The Morgan fingerprint density at radius 1 is 1.32 bits per heavy atom. The van der Waals surface area contributed by atoms with Crippen LogP contribution in [0.3, 0.4) is 0 Å². The van der Waals surface area contributed by atoms with Gasteiger partial charge in [-0.05, 0) is 24.1 Å². The number of carbonyl (C=O) groups excluding carboxylic acids is 1. The molecule has 3 aromatic rings. The fraction of sp³-hybridized carbons (Fsp3) is 0.292. The van der Waals surface area contributed by atoms with Crippen LogP contribution in [-0.4, -0.2) is 43.1 Å². The van der Waals surface area contributed by atoms with Gasteiger partial charge in [0.25, 0.3) is 10.9 Å². The van der Waals surface area contributed by atoms with Crippen LogP contribution in [0.25, 0.3) is 4.85 Å². The molecule has 6 nitrogen and oxygen atoms in total. The van der Waals surface area contributed by atoms with Gasteiger partial charge >= 0.3 is 0 Å². The van der Waals surface area contributed by atoms with Gasteiger partial charge in [-0.15, -0.1) is 11.3 Å². The highest BCUT2D eigenvalue weighted by Crippen LogP contribution is 2.42. The number of halogens is 2. The van der Waals surface area contributed by atoms with E-state index in [9.17, 15) is 13.2 Å². The fourth-order valence-corrected chi connectivity index (χ4v) is 7.24. The van der Waals surface area contributed by atoms with Gasteiger partial charge in [0.2, 0.25) is 5.69 Å². The predicted molar refractivity (Wildman–Crippen MR) is 134 cm³/mol. The Bertz CT molecular complexity index is 1420. The molecular weight excluding hydrogens is 541 g/mol. The quantitative estimate of drug-likeness (QED) is 0.388. The number of hydrogen-bond donors (Lipinski definition) is 0. The minimum Gasteiger partial charge on any atom is -0.333 e. The lowest BCUT2D eigenvalue weighted by Gasteiger charge is -2.35. The first-order chi connectivity index (χ1) is 16.1. The molecule has 34 heavy (non-hydrogen) atoms. The summed E-state index contributed by atoms with van der Waals surface area (Å²) >= 11 is 4.27. The van der Waals surface area contributed by atoms with E-state index in [1.165, 1.54) is 23.2 Å². The van der Waals surface area contributed by atoms with Crippen molar-refractivity contribution in [3.63, 3.8) is 0 Å². The number of benzene rings is 2. The second kappa shape index (κ2) is 9.21. The molecule has 1 fully saturated rings. The molecule has 10 heteroatoms. The summed E-state index contributed by atoms with van der Waals surface area (Å²) in [6.07, 6.45) is 1.52. The lowest BCUT2D eigenvalue weighted by atomic mass is 9.96. The number of alkyl halides is 1. The van der Waals surface area contributed by atoms with Crippen molar-refractivity contribution in [2.75, 3.05) is 18.8 Å². The molecule has 0 aliphatic carbocycles. The minimum atomic E-state index is -4.20. The maximum absolute atomic E-state index is 16.3. The van der Waals surface area contributed by atoms with E-state index in [0.717, 1.165) is 27.3 Å². The van der Waals surface area contributed by atoms with Crippen molar-refractivity contribution in [1.29, 1.82) is 0 Å². The van der Waals surface area contributed by atoms with E-state index in [4.69, 9.17) is 6.57 Å². The van der Waals surface area contributed by atoms with Crippen molar-refractivity contribution < 1.29 is 17.6 Å². The topological polar surface area (TPSA) is 71.7 Å². The third kappa shape index (κ3) is 4.28. The summed E-state index contributed by atoms with van der Waals surface area (Å²) in [7, 11) is -4.20. The lowest BCUT2D eigenvalue weighted by Crippen LogP contribution is -2.53. The molecule has 1 amide bonds. The van der Waals surface area contributed by atoms with E-state index in [0.29, 0.717) is 4.47 Å². The molecule has 2 heterocycles. The van der Waals surface area contributed by atoms with E-state index >= 15 is 4.39 Å². The van der Waals surface area contributed by atoms with E-state index in [2.05, 4.69) is 25.8 Å². The van der Waals surface area contributed by atoms with Crippen LogP contribution in [0.15, 0.2) is 53.1 Å². The number of rotatable bonds is 4. The van der Waals surface area contributed by atoms with Crippen molar-refractivity contribution in [2.24, 2.45) is 0 Å². The standard InChI is InChI=1S/C24H21BrFN3O3S2/c1-15-6-4-5-7-18(15)16(2)21-13-28-23(33-21)24(26)14-29(10-11-34(24,31)32)22(30)17-8-9-19(25)20(12-17)27-3/h4-9,12-13,16H,10-11,14H2,1-2H3/t16-,24-/m1/s1. The van der Waals surface area contributed by atoms with Crippen LogP contribution in [0, 0.1) is 13.5 Å². The van der Waals surface area contributed by atoms with Crippen LogP contribution in [0.1, 0.15) is 44.2 Å². The molecule has 1 aromatic heterocycles. The number of carbonyl (C=O) groups is 1. The van der Waals surface area contributed by atoms with E-state index in [1.54, 1.807) is 6.07 Å². The van der Waals surface area contributed by atoms with E-state index < -0.39 is 33.0 Å². The Labute approximate surface area is 210 Å². The Morgan fingerprint density at radius 2 is 2.06 bits per heavy atom. The minimum absolute atomic E-state index is 0.0881. The zero-order valence-electron chi connectivity index (χ0n) is 18.5. The first kappa shape index (κ1) is 24.5. The van der Waals surface area contributed by atoms with Crippen molar-refractivity contribution >= 4 is 48.7 Å². The van der Waals surface area contributed by atoms with Crippen LogP contribution in [0.5, 0.6) is 0 Å². The summed E-state index contributed by atoms with van der Waals surface area (Å²) in [5.41, 5.74) is 2.58. The summed E-state index contributed by atoms with van der Waals surface area (Å²) in [5, 5.41) is -2.97. The molecule has 2 aromatic carbocycles. The third-order valence-corrected chi connectivity index (χ3v) is 10.2. The molecule has 4 rings (SSSR count). The second-order valence-corrected chi connectivity index (χ2v) is 12.4. The summed E-state index contributed by atoms with van der Waals surface area (Å²) in [5.74, 6) is -1.13. The monoisotopic (exact) mass is 561 g/mol. The maximum Gasteiger partial charge on any atom is 0.278 e. The molecule has 0 spiro atoms. The molecule has 0 unspecified atom stereocenters. The largest absolute Gasteiger partial charge is 0.333 e. The van der Waals surface area contributed by atoms with Gasteiger partial charge in [-0.2, -0.15) is 0 Å². The van der Waals surface area contributed by atoms with Crippen LogP contribution in [0.2, 0.25) is 0 Å². The van der Waals surface area contributed by atoms with E-state index in [1.807, 2.05) is 38.1 Å². The molecule has 1 aliphatic heterocycles. The second-order valence-electron chi connectivity index (χ2n) is 8.20. The summed E-state index contributed by atoms with van der Waals surface area (Å²) in [6, 6.07) is 12.3. The Hall–Kier alpha value is -2.61. The summed E-state index contributed by atoms with van der Waals surface area (Å²) in [6.45, 7) is 10.4. The van der Waals surface area contributed by atoms with Crippen molar-refractivity contribution in [3.8, 4) is 0 Å². The highest BCUT2D eigenvalue weighted by atomic mass is 79.9. The molecule has 0 N–H and O–H groups in total. The van der Waals surface area contributed by atoms with Gasteiger partial charge in [0.05, 0.1) is 18.9 Å². The Kier molecular flexibility index (Phi) is 6.64. The smallest absolute Gasteiger partial charge is 0.278 e. The number of amides is 1.